The van der Waals surface area contributed by atoms with E-state index in [0.29, 0.717) is 22.4 Å². The third-order valence-corrected chi connectivity index (χ3v) is 4.64. The summed E-state index contributed by atoms with van der Waals surface area (Å²) in [6, 6.07) is 11.7. The maximum absolute atomic E-state index is 12.5. The van der Waals surface area contributed by atoms with E-state index in [4.69, 9.17) is 11.0 Å². The molecule has 0 aliphatic heterocycles. The Morgan fingerprint density at radius 2 is 1.86 bits per heavy atom. The Hall–Kier alpha value is -2.52. The van der Waals surface area contributed by atoms with E-state index in [0.717, 1.165) is 0 Å². The van der Waals surface area contributed by atoms with Crippen molar-refractivity contribution in [1.29, 1.82) is 5.26 Å². The first kappa shape index (κ1) is 14.9. The monoisotopic (exact) mass is 301 g/mol. The molecule has 3 N–H and O–H groups in total. The van der Waals surface area contributed by atoms with Crippen molar-refractivity contribution in [3.8, 4) is 6.07 Å². The number of nitrogens with one attached hydrogen (secondary N) is 1. The number of nitriles is 1. The first-order chi connectivity index (χ1) is 9.85. The number of nitrogen functional groups attached to an aromatic ring is 1. The van der Waals surface area contributed by atoms with Crippen molar-refractivity contribution in [2.75, 3.05) is 10.5 Å². The fourth-order valence-electron chi connectivity index (χ4n) is 2.01. The molecule has 108 valence electrons. The van der Waals surface area contributed by atoms with Gasteiger partial charge in [0.15, 0.2) is 0 Å². The van der Waals surface area contributed by atoms with Crippen LogP contribution >= 0.6 is 0 Å². The van der Waals surface area contributed by atoms with Gasteiger partial charge in [-0.05, 0) is 43.2 Å². The Balaban J connectivity index is 2.51. The number of nitrogens with two attached hydrogens (primary N) is 1. The standard InChI is InChI=1S/C15H15N3O2S/c1-10-4-3-5-14(13(10)9-16)18-21(19,20)15-8-12(17)7-6-11(15)2/h3-8,18H,17H2,1-2H3. The van der Waals surface area contributed by atoms with Crippen LogP contribution in [-0.2, 0) is 10.0 Å². The number of aryl methyl sites for hydroxylation is 2. The van der Waals surface area contributed by atoms with Crippen LogP contribution in [0.1, 0.15) is 16.7 Å². The minimum absolute atomic E-state index is 0.105. The summed E-state index contributed by atoms with van der Waals surface area (Å²) in [4.78, 5) is 0.105. The van der Waals surface area contributed by atoms with Gasteiger partial charge in [-0.3, -0.25) is 4.72 Å². The van der Waals surface area contributed by atoms with Crippen molar-refractivity contribution < 1.29 is 8.42 Å². The van der Waals surface area contributed by atoms with E-state index in [1.807, 2.05) is 6.07 Å². The molecular formula is C15H15N3O2S. The van der Waals surface area contributed by atoms with E-state index in [1.165, 1.54) is 6.07 Å². The van der Waals surface area contributed by atoms with Crippen LogP contribution in [0.2, 0.25) is 0 Å². The lowest BCUT2D eigenvalue weighted by Gasteiger charge is -2.13. The molecular weight excluding hydrogens is 286 g/mol. The van der Waals surface area contributed by atoms with Gasteiger partial charge in [0.2, 0.25) is 0 Å². The highest BCUT2D eigenvalue weighted by Crippen LogP contribution is 2.24. The smallest absolute Gasteiger partial charge is 0.262 e. The average molecular weight is 301 g/mol. The van der Waals surface area contributed by atoms with E-state index in [9.17, 15) is 8.42 Å². The van der Waals surface area contributed by atoms with Crippen LogP contribution in [0, 0.1) is 25.2 Å². The Bertz CT molecular complexity index is 836. The molecule has 21 heavy (non-hydrogen) atoms. The summed E-state index contributed by atoms with van der Waals surface area (Å²) in [7, 11) is -3.80. The lowest BCUT2D eigenvalue weighted by atomic mass is 10.1. The van der Waals surface area contributed by atoms with E-state index < -0.39 is 10.0 Å². The summed E-state index contributed by atoms with van der Waals surface area (Å²) >= 11 is 0. The molecule has 5 nitrogen and oxygen atoms in total. The second-order valence-electron chi connectivity index (χ2n) is 4.74. The minimum atomic E-state index is -3.80. The molecule has 0 saturated carbocycles. The Morgan fingerprint density at radius 1 is 1.14 bits per heavy atom. The van der Waals surface area contributed by atoms with Gasteiger partial charge in [0.25, 0.3) is 10.0 Å². The van der Waals surface area contributed by atoms with Gasteiger partial charge >= 0.3 is 0 Å². The van der Waals surface area contributed by atoms with Crippen LogP contribution in [0.4, 0.5) is 11.4 Å². The SMILES string of the molecule is Cc1ccc(N)cc1S(=O)(=O)Nc1cccc(C)c1C#N. The van der Waals surface area contributed by atoms with Crippen molar-refractivity contribution in [2.45, 2.75) is 18.7 Å². The van der Waals surface area contributed by atoms with Gasteiger partial charge in [-0.15, -0.1) is 0 Å². The van der Waals surface area contributed by atoms with Gasteiger partial charge in [0, 0.05) is 5.69 Å². The van der Waals surface area contributed by atoms with Crippen molar-refractivity contribution in [3.63, 3.8) is 0 Å². The lowest BCUT2D eigenvalue weighted by Crippen LogP contribution is -2.15. The molecule has 0 radical (unpaired) electrons. The third kappa shape index (κ3) is 2.98. The van der Waals surface area contributed by atoms with Gasteiger partial charge in [-0.1, -0.05) is 18.2 Å². The predicted molar refractivity (Wildman–Crippen MR) is 82.3 cm³/mol. The predicted octanol–water partition coefficient (Wildman–Crippen LogP) is 2.56. The molecule has 0 spiro atoms. The van der Waals surface area contributed by atoms with E-state index in [-0.39, 0.29) is 10.6 Å². The maximum atomic E-state index is 12.5. The average Bonchev–Trinajstić information content (AvgIpc) is 2.41. The molecule has 6 heteroatoms. The topological polar surface area (TPSA) is 96.0 Å². The molecule has 0 amide bonds. The fraction of sp³-hybridized carbons (Fsp3) is 0.133. The van der Waals surface area contributed by atoms with Gasteiger partial charge < -0.3 is 5.73 Å². The number of anilines is 2. The summed E-state index contributed by atoms with van der Waals surface area (Å²) in [6.45, 7) is 3.44. The fourth-order valence-corrected chi connectivity index (χ4v) is 3.36. The Kier molecular flexibility index (Phi) is 3.87. The number of benzene rings is 2. The second-order valence-corrected chi connectivity index (χ2v) is 6.39. The van der Waals surface area contributed by atoms with Crippen LogP contribution < -0.4 is 10.5 Å². The van der Waals surface area contributed by atoms with Gasteiger partial charge in [-0.2, -0.15) is 5.26 Å². The lowest BCUT2D eigenvalue weighted by molar-refractivity contribution is 0.600. The molecule has 0 fully saturated rings. The van der Waals surface area contributed by atoms with Gasteiger partial charge in [0.1, 0.15) is 6.07 Å². The Labute approximate surface area is 124 Å². The molecule has 2 aromatic carbocycles. The molecule has 0 unspecified atom stereocenters. The first-order valence-electron chi connectivity index (χ1n) is 6.24. The minimum Gasteiger partial charge on any atom is -0.399 e. The molecule has 0 bridgehead atoms. The normalized spacial score (nSPS) is 10.9. The second kappa shape index (κ2) is 5.46. The maximum Gasteiger partial charge on any atom is 0.262 e. The third-order valence-electron chi connectivity index (χ3n) is 3.13. The number of rotatable bonds is 3. The quantitative estimate of drug-likeness (QED) is 0.851. The van der Waals surface area contributed by atoms with E-state index >= 15 is 0 Å². The summed E-state index contributed by atoms with van der Waals surface area (Å²) in [5.74, 6) is 0. The summed E-state index contributed by atoms with van der Waals surface area (Å²) in [6.07, 6.45) is 0. The molecule has 0 atom stereocenters. The number of nitrogens with zero attached hydrogens (tertiary/aromatic N) is 1. The Morgan fingerprint density at radius 3 is 2.52 bits per heavy atom. The highest BCUT2D eigenvalue weighted by atomic mass is 32.2. The zero-order chi connectivity index (χ0) is 15.6. The van der Waals surface area contributed by atoms with Gasteiger partial charge in [0.05, 0.1) is 16.1 Å². The van der Waals surface area contributed by atoms with Crippen LogP contribution in [0.25, 0.3) is 0 Å². The van der Waals surface area contributed by atoms with Crippen LogP contribution in [-0.4, -0.2) is 8.42 Å². The molecule has 2 aromatic rings. The van der Waals surface area contributed by atoms with Crippen LogP contribution in [0.3, 0.4) is 0 Å². The van der Waals surface area contributed by atoms with E-state index in [1.54, 1.807) is 44.2 Å². The summed E-state index contributed by atoms with van der Waals surface area (Å²) < 4.78 is 27.4. The largest absolute Gasteiger partial charge is 0.399 e. The van der Waals surface area contributed by atoms with Gasteiger partial charge in [-0.25, -0.2) is 8.42 Å². The zero-order valence-corrected chi connectivity index (χ0v) is 12.5. The van der Waals surface area contributed by atoms with Crippen molar-refractivity contribution in [1.82, 2.24) is 0 Å². The number of sulfonamides is 1. The molecule has 2 rings (SSSR count). The summed E-state index contributed by atoms with van der Waals surface area (Å²) in [5, 5.41) is 9.16. The highest BCUT2D eigenvalue weighted by molar-refractivity contribution is 7.92. The molecule has 0 heterocycles. The molecule has 0 aliphatic carbocycles. The van der Waals surface area contributed by atoms with Crippen LogP contribution in [0.15, 0.2) is 41.3 Å². The molecule has 0 aromatic heterocycles. The van der Waals surface area contributed by atoms with Crippen molar-refractivity contribution in [2.24, 2.45) is 0 Å². The van der Waals surface area contributed by atoms with Crippen molar-refractivity contribution >= 4 is 21.4 Å². The highest BCUT2D eigenvalue weighted by Gasteiger charge is 2.19. The number of hydrogen-bond acceptors (Lipinski definition) is 4. The first-order valence-corrected chi connectivity index (χ1v) is 7.72. The number of hydrogen-bond donors (Lipinski definition) is 2. The molecule has 0 saturated heterocycles. The zero-order valence-electron chi connectivity index (χ0n) is 11.7. The molecule has 0 aliphatic rings. The van der Waals surface area contributed by atoms with Crippen molar-refractivity contribution in [3.05, 3.63) is 53.1 Å². The van der Waals surface area contributed by atoms with Crippen LogP contribution in [0.5, 0.6) is 0 Å². The van der Waals surface area contributed by atoms with E-state index in [2.05, 4.69) is 4.72 Å². The summed E-state index contributed by atoms with van der Waals surface area (Å²) in [5.41, 5.74) is 7.89.